The Morgan fingerprint density at radius 1 is 1.20 bits per heavy atom. The molecular formula is C15H11BrClFO2. The van der Waals surface area contributed by atoms with Crippen molar-refractivity contribution in [2.75, 3.05) is 6.61 Å². The molecule has 104 valence electrons. The first kappa shape index (κ1) is 15.0. The summed E-state index contributed by atoms with van der Waals surface area (Å²) in [6.07, 6.45) is 0.129. The fraction of sp³-hybridized carbons (Fsp3) is 0.133. The van der Waals surface area contributed by atoms with E-state index < -0.39 is 0 Å². The van der Waals surface area contributed by atoms with Crippen LogP contribution in [0.15, 0.2) is 46.9 Å². The number of benzene rings is 2. The molecule has 2 aromatic rings. The molecule has 0 saturated heterocycles. The molecule has 0 aromatic heterocycles. The maximum absolute atomic E-state index is 13.2. The van der Waals surface area contributed by atoms with Crippen LogP contribution < -0.4 is 4.74 Å². The zero-order valence-electron chi connectivity index (χ0n) is 10.4. The van der Waals surface area contributed by atoms with Gasteiger partial charge in [0.15, 0.2) is 5.78 Å². The Morgan fingerprint density at radius 3 is 2.55 bits per heavy atom. The van der Waals surface area contributed by atoms with Crippen LogP contribution in [0, 0.1) is 5.82 Å². The number of hydrogen-bond acceptors (Lipinski definition) is 2. The largest absolute Gasteiger partial charge is 0.486 e. The van der Waals surface area contributed by atoms with Gasteiger partial charge >= 0.3 is 0 Å². The van der Waals surface area contributed by atoms with Crippen LogP contribution in [-0.4, -0.2) is 12.4 Å². The minimum atomic E-state index is -0.374. The van der Waals surface area contributed by atoms with Crippen LogP contribution in [0.25, 0.3) is 0 Å². The summed E-state index contributed by atoms with van der Waals surface area (Å²) in [5, 5.41) is 0.605. The summed E-state index contributed by atoms with van der Waals surface area (Å²) in [6.45, 7) is -0.0598. The molecule has 0 bridgehead atoms. The normalized spacial score (nSPS) is 10.3. The Balaban J connectivity index is 1.90. The van der Waals surface area contributed by atoms with E-state index in [0.717, 1.165) is 0 Å². The monoisotopic (exact) mass is 356 g/mol. The number of rotatable bonds is 5. The highest BCUT2D eigenvalue weighted by Gasteiger charge is 2.07. The van der Waals surface area contributed by atoms with E-state index in [9.17, 15) is 9.18 Å². The van der Waals surface area contributed by atoms with Crippen LogP contribution in [0.5, 0.6) is 5.75 Å². The average molecular weight is 358 g/mol. The molecule has 0 atom stereocenters. The van der Waals surface area contributed by atoms with Gasteiger partial charge < -0.3 is 4.74 Å². The number of ether oxygens (including phenoxy) is 1. The molecule has 2 rings (SSSR count). The third-order valence-corrected chi connectivity index (χ3v) is 3.25. The van der Waals surface area contributed by atoms with Crippen molar-refractivity contribution >= 4 is 33.3 Å². The molecule has 0 aliphatic heterocycles. The Bertz CT molecular complexity index is 594. The molecule has 5 heteroatoms. The van der Waals surface area contributed by atoms with E-state index >= 15 is 0 Å². The molecule has 2 nitrogen and oxygen atoms in total. The molecular weight excluding hydrogens is 347 g/mol. The van der Waals surface area contributed by atoms with Gasteiger partial charge in [-0.05, 0) is 48.0 Å². The van der Waals surface area contributed by atoms with Gasteiger partial charge in [-0.2, -0.15) is 0 Å². The highest BCUT2D eigenvalue weighted by atomic mass is 79.9. The summed E-state index contributed by atoms with van der Waals surface area (Å²) in [4.78, 5) is 11.8. The predicted molar refractivity (Wildman–Crippen MR) is 79.8 cm³/mol. The summed E-state index contributed by atoms with van der Waals surface area (Å²) in [6, 6.07) is 11.1. The number of carbonyl (C=O) groups is 1. The Labute approximate surface area is 129 Å². The summed E-state index contributed by atoms with van der Waals surface area (Å²) >= 11 is 8.94. The van der Waals surface area contributed by atoms with Gasteiger partial charge in [-0.15, -0.1) is 0 Å². The molecule has 0 heterocycles. The van der Waals surface area contributed by atoms with Crippen molar-refractivity contribution in [3.8, 4) is 5.75 Å². The molecule has 0 amide bonds. The van der Waals surface area contributed by atoms with Gasteiger partial charge in [-0.25, -0.2) is 4.39 Å². The van der Waals surface area contributed by atoms with Crippen molar-refractivity contribution in [1.29, 1.82) is 0 Å². The third kappa shape index (κ3) is 4.62. The fourth-order valence-electron chi connectivity index (χ4n) is 1.69. The quantitative estimate of drug-likeness (QED) is 0.791. The summed E-state index contributed by atoms with van der Waals surface area (Å²) in [7, 11) is 0. The van der Waals surface area contributed by atoms with E-state index in [1.807, 2.05) is 0 Å². The third-order valence-electron chi connectivity index (χ3n) is 2.54. The second kappa shape index (κ2) is 6.86. The molecule has 0 N–H and O–H groups in total. The molecule has 0 fully saturated rings. The van der Waals surface area contributed by atoms with E-state index in [-0.39, 0.29) is 24.6 Å². The highest BCUT2D eigenvalue weighted by Crippen LogP contribution is 2.17. The molecule has 0 aliphatic rings. The van der Waals surface area contributed by atoms with Gasteiger partial charge in [0.25, 0.3) is 0 Å². The lowest BCUT2D eigenvalue weighted by molar-refractivity contribution is -0.120. The summed E-state index contributed by atoms with van der Waals surface area (Å²) in [5.41, 5.74) is 0.613. The minimum absolute atomic E-state index is 0.0598. The molecule has 0 aliphatic carbocycles. The number of halogens is 3. The first-order chi connectivity index (χ1) is 9.52. The number of Topliss-reactive ketones (excluding diaryl/α,β-unsaturated/α-hetero) is 1. The van der Waals surface area contributed by atoms with Crippen molar-refractivity contribution < 1.29 is 13.9 Å². The predicted octanol–water partition coefficient (Wildman–Crippen LogP) is 4.43. The van der Waals surface area contributed by atoms with Crippen molar-refractivity contribution in [3.05, 3.63) is 63.3 Å². The lowest BCUT2D eigenvalue weighted by atomic mass is 10.1. The standard InChI is InChI=1S/C15H11BrClFO2/c16-11-5-10(6-13(18)8-11)7-14(19)9-20-15-3-1-12(17)2-4-15/h1-6,8H,7,9H2. The number of ketones is 1. The molecule has 20 heavy (non-hydrogen) atoms. The van der Waals surface area contributed by atoms with Crippen LogP contribution in [-0.2, 0) is 11.2 Å². The zero-order valence-corrected chi connectivity index (χ0v) is 12.7. The lowest BCUT2D eigenvalue weighted by Gasteiger charge is -2.06. The lowest BCUT2D eigenvalue weighted by Crippen LogP contribution is -2.13. The van der Waals surface area contributed by atoms with Crippen LogP contribution in [0.4, 0.5) is 4.39 Å². The molecule has 0 radical (unpaired) electrons. The smallest absolute Gasteiger partial charge is 0.174 e. The first-order valence-corrected chi connectivity index (χ1v) is 7.05. The topological polar surface area (TPSA) is 26.3 Å². The van der Waals surface area contributed by atoms with E-state index in [0.29, 0.717) is 20.8 Å². The minimum Gasteiger partial charge on any atom is -0.486 e. The Hall–Kier alpha value is -1.39. The van der Waals surface area contributed by atoms with Crippen LogP contribution in [0.3, 0.4) is 0 Å². The van der Waals surface area contributed by atoms with E-state index in [4.69, 9.17) is 16.3 Å². The zero-order chi connectivity index (χ0) is 14.5. The summed E-state index contributed by atoms with van der Waals surface area (Å²) in [5.74, 6) is 0.0708. The van der Waals surface area contributed by atoms with Crippen molar-refractivity contribution in [3.63, 3.8) is 0 Å². The van der Waals surface area contributed by atoms with Gasteiger partial charge in [0.2, 0.25) is 0 Å². The number of carbonyl (C=O) groups excluding carboxylic acids is 1. The Kier molecular flexibility index (Phi) is 5.15. The molecule has 2 aromatic carbocycles. The SMILES string of the molecule is O=C(COc1ccc(Cl)cc1)Cc1cc(F)cc(Br)c1. The maximum atomic E-state index is 13.2. The second-order valence-electron chi connectivity index (χ2n) is 4.24. The molecule has 0 saturated carbocycles. The van der Waals surface area contributed by atoms with Gasteiger partial charge in [-0.3, -0.25) is 4.79 Å². The van der Waals surface area contributed by atoms with E-state index in [1.165, 1.54) is 12.1 Å². The van der Waals surface area contributed by atoms with E-state index in [2.05, 4.69) is 15.9 Å². The second-order valence-corrected chi connectivity index (χ2v) is 5.59. The molecule has 0 unspecified atom stereocenters. The fourth-order valence-corrected chi connectivity index (χ4v) is 2.33. The van der Waals surface area contributed by atoms with Crippen LogP contribution in [0.1, 0.15) is 5.56 Å². The van der Waals surface area contributed by atoms with Crippen molar-refractivity contribution in [2.24, 2.45) is 0 Å². The first-order valence-electron chi connectivity index (χ1n) is 5.88. The van der Waals surface area contributed by atoms with Gasteiger partial charge in [0.1, 0.15) is 18.2 Å². The van der Waals surface area contributed by atoms with Gasteiger partial charge in [0.05, 0.1) is 0 Å². The highest BCUT2D eigenvalue weighted by molar-refractivity contribution is 9.10. The Morgan fingerprint density at radius 2 is 1.90 bits per heavy atom. The maximum Gasteiger partial charge on any atom is 0.174 e. The van der Waals surface area contributed by atoms with Crippen molar-refractivity contribution in [2.45, 2.75) is 6.42 Å². The van der Waals surface area contributed by atoms with Gasteiger partial charge in [0, 0.05) is 15.9 Å². The van der Waals surface area contributed by atoms with E-state index in [1.54, 1.807) is 30.3 Å². The van der Waals surface area contributed by atoms with Crippen LogP contribution in [0.2, 0.25) is 5.02 Å². The van der Waals surface area contributed by atoms with Gasteiger partial charge in [-0.1, -0.05) is 27.5 Å². The van der Waals surface area contributed by atoms with Crippen LogP contribution >= 0.6 is 27.5 Å². The summed E-state index contributed by atoms with van der Waals surface area (Å²) < 4.78 is 19.1. The van der Waals surface area contributed by atoms with Crippen molar-refractivity contribution in [1.82, 2.24) is 0 Å². The molecule has 0 spiro atoms. The average Bonchev–Trinajstić information content (AvgIpc) is 2.37. The number of hydrogen-bond donors (Lipinski definition) is 0.